The number of anilines is 1. The summed E-state index contributed by atoms with van der Waals surface area (Å²) in [5.41, 5.74) is 0.881. The van der Waals surface area contributed by atoms with Gasteiger partial charge in [-0.25, -0.2) is 9.50 Å². The van der Waals surface area contributed by atoms with Crippen molar-refractivity contribution < 1.29 is 27.5 Å². The summed E-state index contributed by atoms with van der Waals surface area (Å²) in [6.07, 6.45) is 1.59. The van der Waals surface area contributed by atoms with Crippen LogP contribution in [-0.2, 0) is 11.0 Å². The number of carbonyl (C=O) groups excluding carboxylic acids is 2. The van der Waals surface area contributed by atoms with Crippen molar-refractivity contribution >= 4 is 23.1 Å². The lowest BCUT2D eigenvalue weighted by molar-refractivity contribution is -0.142. The average Bonchev–Trinajstić information content (AvgIpc) is 3.78. The van der Waals surface area contributed by atoms with Crippen LogP contribution in [0.15, 0.2) is 60.7 Å². The first-order valence-electron chi connectivity index (χ1n) is 14.9. The second kappa shape index (κ2) is 11.9. The summed E-state index contributed by atoms with van der Waals surface area (Å²) >= 11 is 0. The minimum absolute atomic E-state index is 0.0397. The van der Waals surface area contributed by atoms with Gasteiger partial charge in [-0.2, -0.15) is 18.3 Å². The molecule has 1 atom stereocenters. The Balaban J connectivity index is 1.47. The highest BCUT2D eigenvalue weighted by atomic mass is 19.4. The minimum atomic E-state index is -4.71. The van der Waals surface area contributed by atoms with E-state index in [0.717, 1.165) is 56.6 Å². The molecule has 2 amide bonds. The highest BCUT2D eigenvalue weighted by Gasteiger charge is 2.39. The van der Waals surface area contributed by atoms with Crippen molar-refractivity contribution in [2.45, 2.75) is 76.0 Å². The van der Waals surface area contributed by atoms with Crippen LogP contribution in [-0.4, -0.2) is 39.6 Å². The number of alkyl halides is 3. The molecule has 44 heavy (non-hydrogen) atoms. The predicted molar refractivity (Wildman–Crippen MR) is 159 cm³/mol. The molecule has 2 aliphatic carbocycles. The Labute approximate surface area is 253 Å². The van der Waals surface area contributed by atoms with E-state index < -0.39 is 23.8 Å². The van der Waals surface area contributed by atoms with Gasteiger partial charge in [-0.1, -0.05) is 49.1 Å². The van der Waals surface area contributed by atoms with Crippen molar-refractivity contribution in [2.75, 3.05) is 12.0 Å². The summed E-state index contributed by atoms with van der Waals surface area (Å²) in [5.74, 6) is -0.571. The van der Waals surface area contributed by atoms with E-state index in [0.29, 0.717) is 27.2 Å². The Morgan fingerprint density at radius 2 is 1.66 bits per heavy atom. The SMILES string of the molecule is COc1ccc(C(C(=O)NC2CCCCC2)N(C(=O)c2cc3nc(C4CC4)cc(C(F)(F)F)n3n2)c2ccc(C)cc2)cc1. The molecule has 2 saturated carbocycles. The monoisotopic (exact) mass is 605 g/mol. The number of benzene rings is 2. The van der Waals surface area contributed by atoms with Crippen LogP contribution in [0.2, 0.25) is 0 Å². The molecule has 2 heterocycles. The summed E-state index contributed by atoms with van der Waals surface area (Å²) < 4.78 is 48.4. The van der Waals surface area contributed by atoms with Gasteiger partial charge in [0.15, 0.2) is 11.3 Å². The van der Waals surface area contributed by atoms with Crippen molar-refractivity contribution in [3.05, 3.63) is 88.9 Å². The lowest BCUT2D eigenvalue weighted by Crippen LogP contribution is -2.47. The summed E-state index contributed by atoms with van der Waals surface area (Å²) in [7, 11) is 1.53. The number of aryl methyl sites for hydroxylation is 1. The number of ether oxygens (including phenoxy) is 1. The van der Waals surface area contributed by atoms with Crippen LogP contribution in [0, 0.1) is 6.92 Å². The number of hydrogen-bond acceptors (Lipinski definition) is 5. The maximum absolute atomic E-state index is 14.5. The van der Waals surface area contributed by atoms with Gasteiger partial charge in [0.05, 0.1) is 7.11 Å². The lowest BCUT2D eigenvalue weighted by Gasteiger charge is -2.33. The van der Waals surface area contributed by atoms with Crippen molar-refractivity contribution in [2.24, 2.45) is 0 Å². The van der Waals surface area contributed by atoms with Gasteiger partial charge in [0.25, 0.3) is 5.91 Å². The molecule has 4 aromatic rings. The van der Waals surface area contributed by atoms with Crippen molar-refractivity contribution in [1.29, 1.82) is 0 Å². The number of nitrogens with zero attached hydrogens (tertiary/aromatic N) is 4. The number of rotatable bonds is 8. The van der Waals surface area contributed by atoms with Crippen molar-refractivity contribution in [1.82, 2.24) is 19.9 Å². The molecule has 2 aliphatic rings. The Bertz CT molecular complexity index is 1660. The Morgan fingerprint density at radius 1 is 0.977 bits per heavy atom. The van der Waals surface area contributed by atoms with Gasteiger partial charge in [0, 0.05) is 29.4 Å². The topological polar surface area (TPSA) is 88.8 Å². The van der Waals surface area contributed by atoms with E-state index in [9.17, 15) is 22.8 Å². The summed E-state index contributed by atoms with van der Waals surface area (Å²) in [6.45, 7) is 1.90. The molecule has 11 heteroatoms. The smallest absolute Gasteiger partial charge is 0.433 e. The molecular formula is C33H34F3N5O3. The molecule has 0 bridgehead atoms. The van der Waals surface area contributed by atoms with Crippen LogP contribution >= 0.6 is 0 Å². The summed E-state index contributed by atoms with van der Waals surface area (Å²) in [6, 6.07) is 15.0. The van der Waals surface area contributed by atoms with Gasteiger partial charge in [0.1, 0.15) is 17.5 Å². The lowest BCUT2D eigenvalue weighted by atomic mass is 9.94. The number of fused-ring (bicyclic) bond motifs is 1. The molecule has 8 nitrogen and oxygen atoms in total. The Morgan fingerprint density at radius 3 is 2.27 bits per heavy atom. The first-order chi connectivity index (χ1) is 21.1. The fraction of sp³-hybridized carbons (Fsp3) is 0.394. The second-order valence-corrected chi connectivity index (χ2v) is 11.7. The van der Waals surface area contributed by atoms with Crippen LogP contribution in [0.3, 0.4) is 0 Å². The van der Waals surface area contributed by atoms with E-state index >= 15 is 0 Å². The number of hydrogen-bond donors (Lipinski definition) is 1. The average molecular weight is 606 g/mol. The number of nitrogens with one attached hydrogen (secondary N) is 1. The predicted octanol–water partition coefficient (Wildman–Crippen LogP) is 6.78. The molecule has 1 N–H and O–H groups in total. The van der Waals surface area contributed by atoms with E-state index in [-0.39, 0.29) is 29.2 Å². The second-order valence-electron chi connectivity index (χ2n) is 11.7. The first-order valence-corrected chi connectivity index (χ1v) is 14.9. The van der Waals surface area contributed by atoms with Gasteiger partial charge in [-0.3, -0.25) is 14.5 Å². The first kappa shape index (κ1) is 29.7. The number of methoxy groups -OCH3 is 1. The van der Waals surface area contributed by atoms with E-state index in [1.54, 1.807) is 36.4 Å². The summed E-state index contributed by atoms with van der Waals surface area (Å²) in [4.78, 5) is 34.4. The van der Waals surface area contributed by atoms with E-state index in [2.05, 4.69) is 15.4 Å². The number of aromatic nitrogens is 3. The van der Waals surface area contributed by atoms with Gasteiger partial charge in [0.2, 0.25) is 5.91 Å². The molecule has 230 valence electrons. The maximum Gasteiger partial charge on any atom is 0.433 e. The maximum atomic E-state index is 14.5. The van der Waals surface area contributed by atoms with E-state index in [1.165, 1.54) is 18.1 Å². The molecule has 0 spiro atoms. The molecule has 2 fully saturated rings. The molecule has 0 radical (unpaired) electrons. The largest absolute Gasteiger partial charge is 0.497 e. The van der Waals surface area contributed by atoms with Crippen molar-refractivity contribution in [3.63, 3.8) is 0 Å². The van der Waals surface area contributed by atoms with Crippen LogP contribution in [0.5, 0.6) is 5.75 Å². The van der Waals surface area contributed by atoms with Crippen LogP contribution in [0.4, 0.5) is 18.9 Å². The van der Waals surface area contributed by atoms with Gasteiger partial charge < -0.3 is 10.1 Å². The number of carbonyl (C=O) groups is 2. The Hall–Kier alpha value is -4.41. The minimum Gasteiger partial charge on any atom is -0.497 e. The quantitative estimate of drug-likeness (QED) is 0.239. The highest BCUT2D eigenvalue weighted by Crippen LogP contribution is 2.41. The molecule has 0 saturated heterocycles. The zero-order chi connectivity index (χ0) is 31.0. The molecule has 2 aromatic heterocycles. The zero-order valence-corrected chi connectivity index (χ0v) is 24.6. The van der Waals surface area contributed by atoms with Crippen LogP contribution < -0.4 is 15.0 Å². The fourth-order valence-electron chi connectivity index (χ4n) is 5.83. The molecular weight excluding hydrogens is 571 g/mol. The third kappa shape index (κ3) is 6.13. The van der Waals surface area contributed by atoms with E-state index in [1.807, 2.05) is 19.1 Å². The number of amides is 2. The van der Waals surface area contributed by atoms with Gasteiger partial charge >= 0.3 is 6.18 Å². The number of halogens is 3. The van der Waals surface area contributed by atoms with E-state index in [4.69, 9.17) is 4.74 Å². The molecule has 1 unspecified atom stereocenters. The Kier molecular flexibility index (Phi) is 8.04. The highest BCUT2D eigenvalue weighted by molar-refractivity contribution is 6.09. The third-order valence-corrected chi connectivity index (χ3v) is 8.37. The van der Waals surface area contributed by atoms with Crippen LogP contribution in [0.1, 0.15) is 89.9 Å². The standard InChI is InChI=1S/C33H34F3N5O3/c1-20-8-14-24(15-9-20)40(30(22-12-16-25(44-2)17-13-22)31(42)37-23-6-4-3-5-7-23)32(43)27-19-29-38-26(21-10-11-21)18-28(33(34,35)36)41(29)39-27/h8-9,12-19,21,23,30H,3-7,10-11H2,1-2H3,(H,37,42). The fourth-order valence-corrected chi connectivity index (χ4v) is 5.83. The molecule has 2 aromatic carbocycles. The molecule has 6 rings (SSSR count). The summed E-state index contributed by atoms with van der Waals surface area (Å²) in [5, 5.41) is 7.28. The van der Waals surface area contributed by atoms with Crippen LogP contribution in [0.25, 0.3) is 5.65 Å². The normalized spacial score (nSPS) is 16.5. The van der Waals surface area contributed by atoms with Gasteiger partial charge in [-0.15, -0.1) is 0 Å². The zero-order valence-electron chi connectivity index (χ0n) is 24.6. The van der Waals surface area contributed by atoms with Crippen molar-refractivity contribution in [3.8, 4) is 5.75 Å². The molecule has 0 aliphatic heterocycles. The third-order valence-electron chi connectivity index (χ3n) is 8.37. The van der Waals surface area contributed by atoms with Gasteiger partial charge in [-0.05, 0) is 68.5 Å².